The number of rotatable bonds is 2. The van der Waals surface area contributed by atoms with E-state index in [1.165, 1.54) is 6.07 Å². The maximum absolute atomic E-state index is 9.39. The molecular formula is C15H12O4. The average molecular weight is 256 g/mol. The molecule has 0 amide bonds. The quantitative estimate of drug-likeness (QED) is 0.811. The van der Waals surface area contributed by atoms with Crippen LogP contribution in [-0.2, 0) is 0 Å². The summed E-state index contributed by atoms with van der Waals surface area (Å²) >= 11 is 0. The number of fused-ring (bicyclic) bond motifs is 1. The van der Waals surface area contributed by atoms with Crippen molar-refractivity contribution < 1.29 is 19.7 Å². The number of phenolic OH excluding ortho intramolecular Hbond substituents is 2. The van der Waals surface area contributed by atoms with Crippen molar-refractivity contribution in [3.63, 3.8) is 0 Å². The Morgan fingerprint density at radius 2 is 1.47 bits per heavy atom. The molecule has 2 aromatic rings. The number of benzene rings is 2. The minimum Gasteiger partial charge on any atom is -0.508 e. The Balaban J connectivity index is 1.86. The van der Waals surface area contributed by atoms with Crippen LogP contribution in [-0.4, -0.2) is 17.0 Å². The van der Waals surface area contributed by atoms with Crippen LogP contribution in [0.15, 0.2) is 36.4 Å². The first-order valence-electron chi connectivity index (χ1n) is 5.81. The number of aromatic hydroxyl groups is 2. The van der Waals surface area contributed by atoms with E-state index in [0.717, 1.165) is 22.6 Å². The van der Waals surface area contributed by atoms with Crippen LogP contribution in [0.25, 0.3) is 12.2 Å². The molecular weight excluding hydrogens is 244 g/mol. The summed E-state index contributed by atoms with van der Waals surface area (Å²) in [5, 5.41) is 18.8. The average Bonchev–Trinajstić information content (AvgIpc) is 2.82. The van der Waals surface area contributed by atoms with Gasteiger partial charge in [0.05, 0.1) is 0 Å². The van der Waals surface area contributed by atoms with Crippen molar-refractivity contribution >= 4 is 12.2 Å². The van der Waals surface area contributed by atoms with E-state index in [9.17, 15) is 10.2 Å². The molecule has 0 aromatic heterocycles. The molecule has 4 heteroatoms. The van der Waals surface area contributed by atoms with Crippen molar-refractivity contribution in [3.8, 4) is 23.0 Å². The first-order chi connectivity index (χ1) is 9.20. The molecule has 2 aromatic carbocycles. The summed E-state index contributed by atoms with van der Waals surface area (Å²) in [5.41, 5.74) is 1.67. The van der Waals surface area contributed by atoms with Gasteiger partial charge in [-0.1, -0.05) is 18.2 Å². The van der Waals surface area contributed by atoms with Gasteiger partial charge in [-0.05, 0) is 35.4 Å². The fourth-order valence-corrected chi connectivity index (χ4v) is 1.92. The van der Waals surface area contributed by atoms with Crippen LogP contribution < -0.4 is 9.47 Å². The lowest BCUT2D eigenvalue weighted by Crippen LogP contribution is -1.92. The van der Waals surface area contributed by atoms with Gasteiger partial charge in [0.25, 0.3) is 0 Å². The fraction of sp³-hybridized carbons (Fsp3) is 0.0667. The minimum absolute atomic E-state index is 0.0327. The van der Waals surface area contributed by atoms with Gasteiger partial charge in [-0.3, -0.25) is 0 Å². The second-order valence-corrected chi connectivity index (χ2v) is 4.23. The van der Waals surface area contributed by atoms with E-state index < -0.39 is 0 Å². The molecule has 0 fully saturated rings. The van der Waals surface area contributed by atoms with Crippen molar-refractivity contribution in [2.24, 2.45) is 0 Å². The number of phenols is 2. The van der Waals surface area contributed by atoms with Gasteiger partial charge in [-0.25, -0.2) is 0 Å². The van der Waals surface area contributed by atoms with E-state index in [1.807, 2.05) is 24.3 Å². The highest BCUT2D eigenvalue weighted by Crippen LogP contribution is 2.33. The molecule has 0 saturated heterocycles. The third kappa shape index (κ3) is 2.47. The van der Waals surface area contributed by atoms with Crippen molar-refractivity contribution in [2.45, 2.75) is 0 Å². The monoisotopic (exact) mass is 256 g/mol. The summed E-state index contributed by atoms with van der Waals surface area (Å²) < 4.78 is 10.5. The zero-order valence-electron chi connectivity index (χ0n) is 10.0. The predicted octanol–water partition coefficient (Wildman–Crippen LogP) is 3.00. The summed E-state index contributed by atoms with van der Waals surface area (Å²) in [4.78, 5) is 0. The van der Waals surface area contributed by atoms with Gasteiger partial charge in [0.2, 0.25) is 6.79 Å². The van der Waals surface area contributed by atoms with Crippen molar-refractivity contribution in [3.05, 3.63) is 47.5 Å². The van der Waals surface area contributed by atoms with E-state index in [2.05, 4.69) is 0 Å². The molecule has 19 heavy (non-hydrogen) atoms. The summed E-state index contributed by atoms with van der Waals surface area (Å²) in [6.07, 6.45) is 3.67. The van der Waals surface area contributed by atoms with Crippen LogP contribution in [0.1, 0.15) is 11.1 Å². The molecule has 4 nitrogen and oxygen atoms in total. The summed E-state index contributed by atoms with van der Waals surface area (Å²) in [6, 6.07) is 10.1. The number of ether oxygens (including phenoxy) is 2. The van der Waals surface area contributed by atoms with Crippen LogP contribution in [0.2, 0.25) is 0 Å². The Labute approximate surface area is 110 Å². The molecule has 1 aliphatic rings. The lowest BCUT2D eigenvalue weighted by atomic mass is 10.1. The fourth-order valence-electron chi connectivity index (χ4n) is 1.92. The third-order valence-electron chi connectivity index (χ3n) is 2.79. The lowest BCUT2D eigenvalue weighted by Gasteiger charge is -1.99. The van der Waals surface area contributed by atoms with E-state index in [0.29, 0.717) is 0 Å². The number of hydrogen-bond acceptors (Lipinski definition) is 4. The third-order valence-corrected chi connectivity index (χ3v) is 2.79. The van der Waals surface area contributed by atoms with E-state index in [1.54, 1.807) is 18.2 Å². The number of hydrogen-bond donors (Lipinski definition) is 2. The SMILES string of the molecule is Oc1cc(O)cc(/C=C/c2ccc3c(c2)OCO3)c1. The van der Waals surface area contributed by atoms with Crippen LogP contribution in [0.3, 0.4) is 0 Å². The van der Waals surface area contributed by atoms with Gasteiger partial charge in [-0.15, -0.1) is 0 Å². The Kier molecular flexibility index (Phi) is 2.76. The zero-order chi connectivity index (χ0) is 13.2. The van der Waals surface area contributed by atoms with Gasteiger partial charge in [0.15, 0.2) is 11.5 Å². The van der Waals surface area contributed by atoms with Gasteiger partial charge < -0.3 is 19.7 Å². The maximum atomic E-state index is 9.39. The van der Waals surface area contributed by atoms with Gasteiger partial charge in [0.1, 0.15) is 11.5 Å². The van der Waals surface area contributed by atoms with Crippen LogP contribution in [0.5, 0.6) is 23.0 Å². The molecule has 0 aliphatic carbocycles. The summed E-state index contributed by atoms with van der Waals surface area (Å²) in [6.45, 7) is 0.253. The van der Waals surface area contributed by atoms with Crippen molar-refractivity contribution in [2.75, 3.05) is 6.79 Å². The highest BCUT2D eigenvalue weighted by molar-refractivity contribution is 5.72. The smallest absolute Gasteiger partial charge is 0.231 e. The molecule has 0 bridgehead atoms. The molecule has 1 aliphatic heterocycles. The Hall–Kier alpha value is -2.62. The van der Waals surface area contributed by atoms with E-state index >= 15 is 0 Å². The molecule has 96 valence electrons. The first kappa shape index (κ1) is 11.5. The van der Waals surface area contributed by atoms with Gasteiger partial charge >= 0.3 is 0 Å². The second-order valence-electron chi connectivity index (χ2n) is 4.23. The maximum Gasteiger partial charge on any atom is 0.231 e. The topological polar surface area (TPSA) is 58.9 Å². The highest BCUT2D eigenvalue weighted by Gasteiger charge is 2.12. The van der Waals surface area contributed by atoms with Gasteiger partial charge in [0, 0.05) is 6.07 Å². The highest BCUT2D eigenvalue weighted by atomic mass is 16.7. The Morgan fingerprint density at radius 1 is 0.789 bits per heavy atom. The molecule has 0 spiro atoms. The lowest BCUT2D eigenvalue weighted by molar-refractivity contribution is 0.174. The molecule has 0 saturated carbocycles. The zero-order valence-corrected chi connectivity index (χ0v) is 10.0. The van der Waals surface area contributed by atoms with Crippen LogP contribution >= 0.6 is 0 Å². The van der Waals surface area contributed by atoms with E-state index in [4.69, 9.17) is 9.47 Å². The molecule has 0 atom stereocenters. The predicted molar refractivity (Wildman–Crippen MR) is 71.3 cm³/mol. The van der Waals surface area contributed by atoms with Crippen LogP contribution in [0.4, 0.5) is 0 Å². The second kappa shape index (κ2) is 4.57. The van der Waals surface area contributed by atoms with Crippen molar-refractivity contribution in [1.82, 2.24) is 0 Å². The molecule has 1 heterocycles. The summed E-state index contributed by atoms with van der Waals surface area (Å²) in [5.74, 6) is 1.53. The van der Waals surface area contributed by atoms with Crippen molar-refractivity contribution in [1.29, 1.82) is 0 Å². The first-order valence-corrected chi connectivity index (χ1v) is 5.81. The van der Waals surface area contributed by atoms with E-state index in [-0.39, 0.29) is 18.3 Å². The normalized spacial score (nSPS) is 13.1. The Morgan fingerprint density at radius 3 is 2.26 bits per heavy atom. The van der Waals surface area contributed by atoms with Gasteiger partial charge in [-0.2, -0.15) is 0 Å². The van der Waals surface area contributed by atoms with Crippen LogP contribution in [0, 0.1) is 0 Å². The molecule has 2 N–H and O–H groups in total. The molecule has 0 radical (unpaired) electrons. The standard InChI is InChI=1S/C15H12O4/c16-12-5-11(6-13(17)8-12)2-1-10-3-4-14-15(7-10)19-9-18-14/h1-8,16-17H,9H2/b2-1+. The minimum atomic E-state index is 0.0327. The Bertz CT molecular complexity index is 626. The molecule has 3 rings (SSSR count). The molecule has 0 unspecified atom stereocenters. The largest absolute Gasteiger partial charge is 0.508 e. The summed E-state index contributed by atoms with van der Waals surface area (Å²) in [7, 11) is 0.